The Labute approximate surface area is 122 Å². The minimum atomic E-state index is -3.94. The molecule has 1 unspecified atom stereocenters. The lowest BCUT2D eigenvalue weighted by Gasteiger charge is -2.24. The van der Waals surface area contributed by atoms with Crippen molar-refractivity contribution in [2.75, 3.05) is 18.2 Å². The lowest BCUT2D eigenvalue weighted by Crippen LogP contribution is -2.45. The first-order valence-electron chi connectivity index (χ1n) is 6.30. The fourth-order valence-electron chi connectivity index (χ4n) is 2.08. The smallest absolute Gasteiger partial charge is 0.322 e. The molecule has 1 heterocycles. The first kappa shape index (κ1) is 15.5. The van der Waals surface area contributed by atoms with Crippen molar-refractivity contribution >= 4 is 27.6 Å². The molecule has 1 aliphatic rings. The summed E-state index contributed by atoms with van der Waals surface area (Å²) in [5.41, 5.74) is 1.24. The third kappa shape index (κ3) is 3.22. The quantitative estimate of drug-likeness (QED) is 0.812. The first-order valence-corrected chi connectivity index (χ1v) is 7.91. The predicted molar refractivity (Wildman–Crippen MR) is 75.9 cm³/mol. The number of benzene rings is 1. The second kappa shape index (κ2) is 5.82. The average Bonchev–Trinajstić information content (AvgIpc) is 2.56. The van der Waals surface area contributed by atoms with Crippen LogP contribution in [-0.4, -0.2) is 43.5 Å². The number of nitrogens with one attached hydrogen (secondary N) is 1. The van der Waals surface area contributed by atoms with Gasteiger partial charge >= 0.3 is 5.97 Å². The van der Waals surface area contributed by atoms with E-state index in [1.54, 1.807) is 24.3 Å². The Kier molecular flexibility index (Phi) is 4.29. The molecule has 1 amide bonds. The predicted octanol–water partition coefficient (Wildman–Crippen LogP) is 0.332. The van der Waals surface area contributed by atoms with E-state index in [-0.39, 0.29) is 6.54 Å². The molecule has 1 aromatic carbocycles. The highest BCUT2D eigenvalue weighted by molar-refractivity contribution is 7.89. The van der Waals surface area contributed by atoms with Crippen LogP contribution in [0.1, 0.15) is 12.5 Å². The molecule has 21 heavy (non-hydrogen) atoms. The van der Waals surface area contributed by atoms with E-state index in [1.165, 1.54) is 6.92 Å². The molecule has 1 aliphatic heterocycles. The monoisotopic (exact) mass is 312 g/mol. The lowest BCUT2D eigenvalue weighted by molar-refractivity contribution is -0.137. The minimum Gasteiger partial charge on any atom is -0.468 e. The van der Waals surface area contributed by atoms with Crippen LogP contribution in [0.3, 0.4) is 0 Å². The fraction of sp³-hybridized carbons (Fsp3) is 0.385. The van der Waals surface area contributed by atoms with Gasteiger partial charge in [0.2, 0.25) is 15.9 Å². The summed E-state index contributed by atoms with van der Waals surface area (Å²) in [6.07, 6.45) is 0. The molecule has 0 spiro atoms. The van der Waals surface area contributed by atoms with Crippen molar-refractivity contribution in [1.29, 1.82) is 0 Å². The highest BCUT2D eigenvalue weighted by Crippen LogP contribution is 2.25. The van der Waals surface area contributed by atoms with Crippen LogP contribution in [0.2, 0.25) is 0 Å². The summed E-state index contributed by atoms with van der Waals surface area (Å²) in [6.45, 7) is 1.51. The number of para-hydroxylation sites is 1. The number of hydrogen-bond donors (Lipinski definition) is 1. The van der Waals surface area contributed by atoms with Gasteiger partial charge in [-0.05, 0) is 18.6 Å². The Morgan fingerprint density at radius 2 is 2.10 bits per heavy atom. The molecule has 1 aromatic rings. The normalized spacial score (nSPS) is 19.3. The number of rotatable bonds is 3. The SMILES string of the molecule is COC(=O)CS(=O)(=O)N1Cc2ccccc2NC(=O)C1C. The second-order valence-corrected chi connectivity index (χ2v) is 6.62. The van der Waals surface area contributed by atoms with Gasteiger partial charge in [0.1, 0.15) is 6.04 Å². The summed E-state index contributed by atoms with van der Waals surface area (Å²) in [5.74, 6) is -2.09. The molecule has 2 rings (SSSR count). The van der Waals surface area contributed by atoms with Gasteiger partial charge in [0.05, 0.1) is 7.11 Å². The van der Waals surface area contributed by atoms with E-state index in [0.717, 1.165) is 11.4 Å². The number of carbonyl (C=O) groups is 2. The second-order valence-electron chi connectivity index (χ2n) is 4.70. The number of amides is 1. The topological polar surface area (TPSA) is 92.8 Å². The molecule has 0 saturated heterocycles. The van der Waals surface area contributed by atoms with E-state index >= 15 is 0 Å². The zero-order valence-corrected chi connectivity index (χ0v) is 12.5. The maximum atomic E-state index is 12.3. The molecule has 1 atom stereocenters. The van der Waals surface area contributed by atoms with Gasteiger partial charge in [-0.1, -0.05) is 18.2 Å². The van der Waals surface area contributed by atoms with Crippen LogP contribution in [0.15, 0.2) is 24.3 Å². The van der Waals surface area contributed by atoms with Gasteiger partial charge in [-0.15, -0.1) is 0 Å². The van der Waals surface area contributed by atoms with Gasteiger partial charge in [-0.3, -0.25) is 9.59 Å². The van der Waals surface area contributed by atoms with Crippen LogP contribution < -0.4 is 5.32 Å². The summed E-state index contributed by atoms with van der Waals surface area (Å²) in [7, 11) is -2.83. The molecular formula is C13H16N2O5S. The van der Waals surface area contributed by atoms with Gasteiger partial charge < -0.3 is 10.1 Å². The summed E-state index contributed by atoms with van der Waals surface area (Å²) in [4.78, 5) is 23.3. The highest BCUT2D eigenvalue weighted by atomic mass is 32.2. The minimum absolute atomic E-state index is 0.0232. The summed E-state index contributed by atoms with van der Waals surface area (Å²) in [5, 5.41) is 2.68. The highest BCUT2D eigenvalue weighted by Gasteiger charge is 2.36. The van der Waals surface area contributed by atoms with E-state index in [0.29, 0.717) is 11.3 Å². The Balaban J connectivity index is 2.38. The van der Waals surface area contributed by atoms with Crippen LogP contribution in [0, 0.1) is 0 Å². The van der Waals surface area contributed by atoms with Gasteiger partial charge in [-0.25, -0.2) is 8.42 Å². The molecule has 0 aromatic heterocycles. The maximum absolute atomic E-state index is 12.3. The van der Waals surface area contributed by atoms with Crippen LogP contribution in [0.5, 0.6) is 0 Å². The Morgan fingerprint density at radius 1 is 1.43 bits per heavy atom. The van der Waals surface area contributed by atoms with Crippen LogP contribution in [0.4, 0.5) is 5.69 Å². The molecule has 0 bridgehead atoms. The Hall–Kier alpha value is -1.93. The zero-order valence-electron chi connectivity index (χ0n) is 11.7. The van der Waals surface area contributed by atoms with Gasteiger partial charge in [-0.2, -0.15) is 4.31 Å². The molecule has 0 aliphatic carbocycles. The molecule has 0 saturated carbocycles. The number of fused-ring (bicyclic) bond motifs is 1. The van der Waals surface area contributed by atoms with Crippen molar-refractivity contribution < 1.29 is 22.7 Å². The molecule has 114 valence electrons. The van der Waals surface area contributed by atoms with E-state index < -0.39 is 33.7 Å². The third-order valence-corrected chi connectivity index (χ3v) is 5.06. The van der Waals surface area contributed by atoms with Crippen molar-refractivity contribution in [1.82, 2.24) is 4.31 Å². The molecular weight excluding hydrogens is 296 g/mol. The molecule has 0 radical (unpaired) electrons. The number of carbonyl (C=O) groups excluding carboxylic acids is 2. The number of hydrogen-bond acceptors (Lipinski definition) is 5. The Bertz CT molecular complexity index is 671. The fourth-order valence-corrected chi connectivity index (χ4v) is 3.58. The van der Waals surface area contributed by atoms with Crippen LogP contribution >= 0.6 is 0 Å². The summed E-state index contributed by atoms with van der Waals surface area (Å²) in [6, 6.07) is 6.03. The van der Waals surface area contributed by atoms with Gasteiger partial charge in [0.15, 0.2) is 5.75 Å². The van der Waals surface area contributed by atoms with Crippen molar-refractivity contribution in [3.05, 3.63) is 29.8 Å². The third-order valence-electron chi connectivity index (χ3n) is 3.30. The Morgan fingerprint density at radius 3 is 2.76 bits per heavy atom. The van der Waals surface area contributed by atoms with Crippen LogP contribution in [-0.2, 0) is 30.9 Å². The number of ether oxygens (including phenoxy) is 1. The zero-order chi connectivity index (χ0) is 15.6. The van der Waals surface area contributed by atoms with Gasteiger partial charge in [0.25, 0.3) is 0 Å². The molecule has 1 N–H and O–H groups in total. The van der Waals surface area contributed by atoms with Crippen molar-refractivity contribution in [3.63, 3.8) is 0 Å². The number of sulfonamides is 1. The van der Waals surface area contributed by atoms with E-state index in [1.807, 2.05) is 0 Å². The molecule has 0 fully saturated rings. The van der Waals surface area contributed by atoms with Crippen LogP contribution in [0.25, 0.3) is 0 Å². The standard InChI is InChI=1S/C13H16N2O5S/c1-9-13(17)14-11-6-4-3-5-10(11)7-15(9)21(18,19)8-12(16)20-2/h3-6,9H,7-8H2,1-2H3,(H,14,17). The number of esters is 1. The molecule has 8 heteroatoms. The van der Waals surface area contributed by atoms with E-state index in [4.69, 9.17) is 0 Å². The summed E-state index contributed by atoms with van der Waals surface area (Å²) < 4.78 is 30.1. The number of anilines is 1. The summed E-state index contributed by atoms with van der Waals surface area (Å²) >= 11 is 0. The lowest BCUT2D eigenvalue weighted by atomic mass is 10.2. The van der Waals surface area contributed by atoms with Crippen molar-refractivity contribution in [2.45, 2.75) is 19.5 Å². The van der Waals surface area contributed by atoms with Crippen molar-refractivity contribution in [3.8, 4) is 0 Å². The average molecular weight is 312 g/mol. The largest absolute Gasteiger partial charge is 0.468 e. The maximum Gasteiger partial charge on any atom is 0.322 e. The number of methoxy groups -OCH3 is 1. The number of nitrogens with zero attached hydrogens (tertiary/aromatic N) is 1. The van der Waals surface area contributed by atoms with E-state index in [2.05, 4.69) is 10.1 Å². The first-order chi connectivity index (χ1) is 9.85. The molecule has 7 nitrogen and oxygen atoms in total. The van der Waals surface area contributed by atoms with Crippen molar-refractivity contribution in [2.24, 2.45) is 0 Å². The van der Waals surface area contributed by atoms with Gasteiger partial charge in [0, 0.05) is 12.2 Å². The van der Waals surface area contributed by atoms with E-state index in [9.17, 15) is 18.0 Å².